The second kappa shape index (κ2) is 5.65. The molecule has 100 valence electrons. The number of aliphatic imine (C=N–C) groups is 1. The van der Waals surface area contributed by atoms with Crippen molar-refractivity contribution in [1.82, 2.24) is 10.6 Å². The molecule has 2 aliphatic rings. The van der Waals surface area contributed by atoms with Gasteiger partial charge in [0.15, 0.2) is 5.17 Å². The molecule has 1 aromatic carbocycles. The molecule has 19 heavy (non-hydrogen) atoms. The third-order valence-electron chi connectivity index (χ3n) is 3.33. The fraction of sp³-hybridized carbons (Fsp3) is 0.429. The van der Waals surface area contributed by atoms with Crippen LogP contribution in [0.4, 0.5) is 0 Å². The highest BCUT2D eigenvalue weighted by Crippen LogP contribution is 2.20. The van der Waals surface area contributed by atoms with Crippen molar-refractivity contribution in [2.45, 2.75) is 24.9 Å². The lowest BCUT2D eigenvalue weighted by Crippen LogP contribution is -2.34. The summed E-state index contributed by atoms with van der Waals surface area (Å²) in [5, 5.41) is 7.17. The number of hydrogen-bond acceptors (Lipinski definition) is 4. The molecule has 2 unspecified atom stereocenters. The van der Waals surface area contributed by atoms with E-state index in [0.717, 1.165) is 17.3 Å². The van der Waals surface area contributed by atoms with E-state index >= 15 is 0 Å². The summed E-state index contributed by atoms with van der Waals surface area (Å²) in [7, 11) is 0. The standard InChI is InChI=1S/C14H17N3OS/c18-13-7-11(8-15-13)16-14-17-12(9-19-14)6-10-4-2-1-3-5-10/h1-5,11-12H,6-9H2,(H,15,18)(H,16,17). The van der Waals surface area contributed by atoms with Gasteiger partial charge in [-0.25, -0.2) is 0 Å². The number of carbonyl (C=O) groups excluding carboxylic acids is 1. The van der Waals surface area contributed by atoms with Crippen molar-refractivity contribution in [2.24, 2.45) is 4.99 Å². The lowest BCUT2D eigenvalue weighted by atomic mass is 10.1. The molecule has 0 saturated carbocycles. The maximum absolute atomic E-state index is 11.1. The third kappa shape index (κ3) is 3.29. The summed E-state index contributed by atoms with van der Waals surface area (Å²) in [6, 6.07) is 11.0. The summed E-state index contributed by atoms with van der Waals surface area (Å²) in [5.41, 5.74) is 1.33. The molecule has 1 amide bonds. The van der Waals surface area contributed by atoms with Crippen LogP contribution < -0.4 is 10.6 Å². The van der Waals surface area contributed by atoms with Crippen LogP contribution in [0.3, 0.4) is 0 Å². The zero-order valence-corrected chi connectivity index (χ0v) is 11.5. The molecule has 1 aromatic rings. The first-order valence-corrected chi connectivity index (χ1v) is 7.56. The maximum Gasteiger partial charge on any atom is 0.222 e. The van der Waals surface area contributed by atoms with E-state index in [1.165, 1.54) is 5.56 Å². The Morgan fingerprint density at radius 3 is 2.95 bits per heavy atom. The molecule has 1 saturated heterocycles. The van der Waals surface area contributed by atoms with Crippen LogP contribution in [-0.4, -0.2) is 35.5 Å². The van der Waals surface area contributed by atoms with E-state index in [-0.39, 0.29) is 11.9 Å². The van der Waals surface area contributed by atoms with E-state index in [1.807, 2.05) is 6.07 Å². The predicted molar refractivity (Wildman–Crippen MR) is 78.4 cm³/mol. The van der Waals surface area contributed by atoms with Gasteiger partial charge in [-0.3, -0.25) is 9.79 Å². The van der Waals surface area contributed by atoms with Gasteiger partial charge in [-0.2, -0.15) is 0 Å². The van der Waals surface area contributed by atoms with E-state index < -0.39 is 0 Å². The minimum atomic E-state index is 0.127. The molecule has 2 aliphatic heterocycles. The number of nitrogens with one attached hydrogen (secondary N) is 2. The lowest BCUT2D eigenvalue weighted by Gasteiger charge is -2.10. The Bertz CT molecular complexity index is 489. The highest BCUT2D eigenvalue weighted by atomic mass is 32.2. The Kier molecular flexibility index (Phi) is 3.73. The Morgan fingerprint density at radius 2 is 2.21 bits per heavy atom. The van der Waals surface area contributed by atoms with Crippen molar-refractivity contribution in [3.8, 4) is 0 Å². The van der Waals surface area contributed by atoms with E-state index in [9.17, 15) is 4.79 Å². The molecule has 0 aliphatic carbocycles. The molecule has 0 aromatic heterocycles. The molecule has 0 spiro atoms. The monoisotopic (exact) mass is 275 g/mol. The number of thioether (sulfide) groups is 1. The Hall–Kier alpha value is -1.49. The van der Waals surface area contributed by atoms with Crippen LogP contribution in [-0.2, 0) is 11.2 Å². The van der Waals surface area contributed by atoms with Crippen molar-refractivity contribution in [3.63, 3.8) is 0 Å². The number of hydrogen-bond donors (Lipinski definition) is 2. The summed E-state index contributed by atoms with van der Waals surface area (Å²) in [5.74, 6) is 1.15. The lowest BCUT2D eigenvalue weighted by molar-refractivity contribution is -0.119. The predicted octanol–water partition coefficient (Wildman–Crippen LogP) is 1.18. The van der Waals surface area contributed by atoms with Gasteiger partial charge in [-0.1, -0.05) is 42.1 Å². The molecule has 3 rings (SSSR count). The van der Waals surface area contributed by atoms with E-state index in [2.05, 4.69) is 34.9 Å². The zero-order valence-electron chi connectivity index (χ0n) is 10.6. The van der Waals surface area contributed by atoms with Gasteiger partial charge in [0.25, 0.3) is 0 Å². The van der Waals surface area contributed by atoms with Crippen molar-refractivity contribution in [1.29, 1.82) is 0 Å². The minimum absolute atomic E-state index is 0.127. The summed E-state index contributed by atoms with van der Waals surface area (Å²) >= 11 is 1.76. The number of benzene rings is 1. The molecule has 0 radical (unpaired) electrons. The molecule has 5 heteroatoms. The summed E-state index contributed by atoms with van der Waals surface area (Å²) < 4.78 is 0. The fourth-order valence-electron chi connectivity index (χ4n) is 2.37. The first-order valence-electron chi connectivity index (χ1n) is 6.57. The van der Waals surface area contributed by atoms with Gasteiger partial charge in [0.1, 0.15) is 0 Å². The highest BCUT2D eigenvalue weighted by molar-refractivity contribution is 8.14. The van der Waals surface area contributed by atoms with Crippen LogP contribution in [0.25, 0.3) is 0 Å². The molecule has 0 bridgehead atoms. The van der Waals surface area contributed by atoms with E-state index in [1.54, 1.807) is 11.8 Å². The molecule has 2 heterocycles. The number of rotatable bonds is 3. The molecule has 2 atom stereocenters. The molecular weight excluding hydrogens is 258 g/mol. The average Bonchev–Trinajstić information content (AvgIpc) is 3.01. The largest absolute Gasteiger partial charge is 0.360 e. The fourth-order valence-corrected chi connectivity index (χ4v) is 3.38. The first-order chi connectivity index (χ1) is 9.29. The minimum Gasteiger partial charge on any atom is -0.360 e. The smallest absolute Gasteiger partial charge is 0.222 e. The van der Waals surface area contributed by atoms with Crippen molar-refractivity contribution in [3.05, 3.63) is 35.9 Å². The van der Waals surface area contributed by atoms with Gasteiger partial charge >= 0.3 is 0 Å². The van der Waals surface area contributed by atoms with Gasteiger partial charge in [-0.05, 0) is 12.0 Å². The second-order valence-electron chi connectivity index (χ2n) is 4.94. The summed E-state index contributed by atoms with van der Waals surface area (Å²) in [4.78, 5) is 15.8. The Morgan fingerprint density at radius 1 is 1.37 bits per heavy atom. The van der Waals surface area contributed by atoms with Crippen molar-refractivity contribution in [2.75, 3.05) is 12.3 Å². The number of carbonyl (C=O) groups is 1. The molecular formula is C14H17N3OS. The molecule has 2 N–H and O–H groups in total. The van der Waals surface area contributed by atoms with E-state index in [4.69, 9.17) is 4.99 Å². The maximum atomic E-state index is 11.1. The van der Waals surface area contributed by atoms with Crippen LogP contribution >= 0.6 is 11.8 Å². The third-order valence-corrected chi connectivity index (χ3v) is 4.38. The quantitative estimate of drug-likeness (QED) is 0.871. The van der Waals surface area contributed by atoms with Gasteiger partial charge in [-0.15, -0.1) is 0 Å². The van der Waals surface area contributed by atoms with Crippen LogP contribution in [0.15, 0.2) is 35.3 Å². The highest BCUT2D eigenvalue weighted by Gasteiger charge is 2.25. The van der Waals surface area contributed by atoms with Gasteiger partial charge < -0.3 is 10.6 Å². The molecule has 1 fully saturated rings. The topological polar surface area (TPSA) is 53.5 Å². The van der Waals surface area contributed by atoms with E-state index in [0.29, 0.717) is 19.0 Å². The second-order valence-corrected chi connectivity index (χ2v) is 5.95. The zero-order chi connectivity index (χ0) is 13.1. The summed E-state index contributed by atoms with van der Waals surface area (Å²) in [6.45, 7) is 0.710. The first kappa shape index (κ1) is 12.5. The number of amides is 1. The Balaban J connectivity index is 1.54. The average molecular weight is 275 g/mol. The van der Waals surface area contributed by atoms with Crippen molar-refractivity contribution < 1.29 is 4.79 Å². The van der Waals surface area contributed by atoms with Crippen LogP contribution in [0.1, 0.15) is 12.0 Å². The number of nitrogens with zero attached hydrogens (tertiary/aromatic N) is 1. The number of amidine groups is 1. The SMILES string of the molecule is O=C1CC(NC2=NC(Cc3ccccc3)CS2)CN1. The van der Waals surface area contributed by atoms with Gasteiger partial charge in [0, 0.05) is 18.7 Å². The summed E-state index contributed by atoms with van der Waals surface area (Å²) in [6.07, 6.45) is 1.55. The van der Waals surface area contributed by atoms with Gasteiger partial charge in [0.2, 0.25) is 5.91 Å². The van der Waals surface area contributed by atoms with Crippen LogP contribution in [0.2, 0.25) is 0 Å². The van der Waals surface area contributed by atoms with Crippen LogP contribution in [0, 0.1) is 0 Å². The van der Waals surface area contributed by atoms with Crippen molar-refractivity contribution >= 4 is 22.8 Å². The van der Waals surface area contributed by atoms with Crippen LogP contribution in [0.5, 0.6) is 0 Å². The molecule has 4 nitrogen and oxygen atoms in total. The normalized spacial score (nSPS) is 26.1. The Labute approximate surface area is 117 Å². The van der Waals surface area contributed by atoms with Gasteiger partial charge in [0.05, 0.1) is 12.1 Å².